The first-order chi connectivity index (χ1) is 9.26. The Morgan fingerprint density at radius 3 is 2.21 bits per heavy atom. The SMILES string of the molecule is [CH2]c1cc(CCC)cc(-c2ccccc2)c1CCC. The van der Waals surface area contributed by atoms with Gasteiger partial charge in [0.1, 0.15) is 0 Å². The van der Waals surface area contributed by atoms with Crippen LogP contribution in [0.4, 0.5) is 0 Å². The maximum absolute atomic E-state index is 4.27. The van der Waals surface area contributed by atoms with Gasteiger partial charge in [-0.25, -0.2) is 0 Å². The molecule has 2 aromatic rings. The average molecular weight is 251 g/mol. The second-order valence-corrected chi connectivity index (χ2v) is 5.15. The van der Waals surface area contributed by atoms with E-state index in [4.69, 9.17) is 0 Å². The van der Waals surface area contributed by atoms with Crippen molar-refractivity contribution < 1.29 is 0 Å². The molecule has 0 aromatic heterocycles. The van der Waals surface area contributed by atoms with Crippen molar-refractivity contribution in [2.75, 3.05) is 0 Å². The monoisotopic (exact) mass is 251 g/mol. The van der Waals surface area contributed by atoms with E-state index >= 15 is 0 Å². The van der Waals surface area contributed by atoms with Crippen LogP contribution < -0.4 is 0 Å². The summed E-state index contributed by atoms with van der Waals surface area (Å²) in [6.45, 7) is 8.73. The highest BCUT2D eigenvalue weighted by Gasteiger charge is 2.09. The highest BCUT2D eigenvalue weighted by atomic mass is 14.1. The molecule has 0 unspecified atom stereocenters. The summed E-state index contributed by atoms with van der Waals surface area (Å²) >= 11 is 0. The average Bonchev–Trinajstić information content (AvgIpc) is 2.43. The number of hydrogen-bond donors (Lipinski definition) is 0. The van der Waals surface area contributed by atoms with Crippen molar-refractivity contribution in [2.45, 2.75) is 39.5 Å². The molecule has 0 aliphatic heterocycles. The van der Waals surface area contributed by atoms with Gasteiger partial charge in [0.15, 0.2) is 0 Å². The molecule has 0 spiro atoms. The van der Waals surface area contributed by atoms with Gasteiger partial charge in [-0.1, -0.05) is 69.2 Å². The molecule has 0 aliphatic carbocycles. The molecule has 0 aliphatic rings. The third-order valence-corrected chi connectivity index (χ3v) is 3.53. The van der Waals surface area contributed by atoms with E-state index in [9.17, 15) is 0 Å². The van der Waals surface area contributed by atoms with Crippen LogP contribution in [0.15, 0.2) is 42.5 Å². The molecule has 0 fully saturated rings. The van der Waals surface area contributed by atoms with Gasteiger partial charge in [-0.3, -0.25) is 0 Å². The maximum atomic E-state index is 4.27. The van der Waals surface area contributed by atoms with E-state index in [1.165, 1.54) is 34.2 Å². The van der Waals surface area contributed by atoms with E-state index in [2.05, 4.69) is 63.2 Å². The smallest absolute Gasteiger partial charge is 0.0146 e. The third-order valence-electron chi connectivity index (χ3n) is 3.53. The molecule has 0 amide bonds. The van der Waals surface area contributed by atoms with Gasteiger partial charge in [0.2, 0.25) is 0 Å². The molecule has 0 N–H and O–H groups in total. The van der Waals surface area contributed by atoms with Gasteiger partial charge < -0.3 is 0 Å². The highest BCUT2D eigenvalue weighted by Crippen LogP contribution is 2.29. The van der Waals surface area contributed by atoms with Crippen molar-refractivity contribution in [3.63, 3.8) is 0 Å². The fourth-order valence-electron chi connectivity index (χ4n) is 2.65. The second kappa shape index (κ2) is 6.56. The molecule has 2 rings (SSSR count). The van der Waals surface area contributed by atoms with Crippen LogP contribution in [0.2, 0.25) is 0 Å². The summed E-state index contributed by atoms with van der Waals surface area (Å²) in [4.78, 5) is 0. The standard InChI is InChI=1S/C19H23/c1-4-9-16-13-15(3)18(10-5-2)19(14-16)17-11-7-6-8-12-17/h6-8,11-14H,3-5,9-10H2,1-2H3. The summed E-state index contributed by atoms with van der Waals surface area (Å²) in [5.74, 6) is 0. The molecule has 0 atom stereocenters. The van der Waals surface area contributed by atoms with E-state index in [1.54, 1.807) is 0 Å². The predicted molar refractivity (Wildman–Crippen MR) is 84.3 cm³/mol. The van der Waals surface area contributed by atoms with Crippen LogP contribution in [0.5, 0.6) is 0 Å². The van der Waals surface area contributed by atoms with Gasteiger partial charge in [0.25, 0.3) is 0 Å². The topological polar surface area (TPSA) is 0 Å². The molecule has 0 heteroatoms. The van der Waals surface area contributed by atoms with Crippen LogP contribution in [0.25, 0.3) is 11.1 Å². The van der Waals surface area contributed by atoms with E-state index in [0.29, 0.717) is 0 Å². The molecule has 99 valence electrons. The summed E-state index contributed by atoms with van der Waals surface area (Å²) in [6, 6.07) is 15.3. The minimum Gasteiger partial charge on any atom is -0.0651 e. The third kappa shape index (κ3) is 3.26. The molecule has 0 saturated heterocycles. The molecule has 2 aromatic carbocycles. The van der Waals surface area contributed by atoms with Crippen molar-refractivity contribution in [2.24, 2.45) is 0 Å². The van der Waals surface area contributed by atoms with Crippen LogP contribution in [0.1, 0.15) is 43.4 Å². The molecule has 0 saturated carbocycles. The molecular weight excluding hydrogens is 228 g/mol. The van der Waals surface area contributed by atoms with Crippen molar-refractivity contribution in [3.05, 3.63) is 66.1 Å². The molecule has 1 radical (unpaired) electrons. The van der Waals surface area contributed by atoms with Gasteiger partial charge in [-0.15, -0.1) is 0 Å². The zero-order valence-corrected chi connectivity index (χ0v) is 12.1. The van der Waals surface area contributed by atoms with Gasteiger partial charge in [0.05, 0.1) is 0 Å². The molecule has 0 nitrogen and oxygen atoms in total. The number of aryl methyl sites for hydroxylation is 1. The lowest BCUT2D eigenvalue weighted by Crippen LogP contribution is -1.97. The molecule has 0 bridgehead atoms. The van der Waals surface area contributed by atoms with Crippen LogP contribution in [0, 0.1) is 6.92 Å². The quantitative estimate of drug-likeness (QED) is 0.663. The zero-order valence-electron chi connectivity index (χ0n) is 12.1. The zero-order chi connectivity index (χ0) is 13.7. The largest absolute Gasteiger partial charge is 0.0651 e. The summed E-state index contributed by atoms with van der Waals surface area (Å²) in [6.07, 6.45) is 4.58. The van der Waals surface area contributed by atoms with Crippen molar-refractivity contribution in [3.8, 4) is 11.1 Å². The Kier molecular flexibility index (Phi) is 4.79. The Labute approximate surface area is 117 Å². The van der Waals surface area contributed by atoms with Crippen molar-refractivity contribution in [1.82, 2.24) is 0 Å². The number of rotatable bonds is 5. The minimum absolute atomic E-state index is 1.11. The van der Waals surface area contributed by atoms with E-state index in [-0.39, 0.29) is 0 Å². The maximum Gasteiger partial charge on any atom is -0.0146 e. The normalized spacial score (nSPS) is 10.7. The van der Waals surface area contributed by atoms with Crippen LogP contribution >= 0.6 is 0 Å². The fraction of sp³-hybridized carbons (Fsp3) is 0.316. The second-order valence-electron chi connectivity index (χ2n) is 5.15. The van der Waals surface area contributed by atoms with E-state index in [0.717, 1.165) is 19.3 Å². The first kappa shape index (κ1) is 13.9. The lowest BCUT2D eigenvalue weighted by atomic mass is 9.90. The molecule has 19 heavy (non-hydrogen) atoms. The molecule has 0 heterocycles. The van der Waals surface area contributed by atoms with Gasteiger partial charge in [0, 0.05) is 0 Å². The Morgan fingerprint density at radius 2 is 1.58 bits per heavy atom. The van der Waals surface area contributed by atoms with Crippen LogP contribution in [-0.2, 0) is 12.8 Å². The van der Waals surface area contributed by atoms with Crippen molar-refractivity contribution >= 4 is 0 Å². The molecular formula is C19H23. The first-order valence-corrected chi connectivity index (χ1v) is 7.29. The Bertz CT molecular complexity index is 523. The fourth-order valence-corrected chi connectivity index (χ4v) is 2.65. The summed E-state index contributed by atoms with van der Waals surface area (Å²) in [5.41, 5.74) is 6.71. The Balaban J connectivity index is 2.54. The van der Waals surface area contributed by atoms with Crippen LogP contribution in [-0.4, -0.2) is 0 Å². The van der Waals surface area contributed by atoms with Crippen LogP contribution in [0.3, 0.4) is 0 Å². The minimum atomic E-state index is 1.11. The lowest BCUT2D eigenvalue weighted by Gasteiger charge is -2.15. The Hall–Kier alpha value is -1.56. The van der Waals surface area contributed by atoms with Crippen molar-refractivity contribution in [1.29, 1.82) is 0 Å². The van der Waals surface area contributed by atoms with E-state index in [1.807, 2.05) is 0 Å². The summed E-state index contributed by atoms with van der Waals surface area (Å²) in [7, 11) is 0. The predicted octanol–water partition coefficient (Wildman–Crippen LogP) is 5.44. The van der Waals surface area contributed by atoms with Gasteiger partial charge in [-0.05, 0) is 47.6 Å². The number of benzene rings is 2. The van der Waals surface area contributed by atoms with Gasteiger partial charge >= 0.3 is 0 Å². The summed E-state index contributed by atoms with van der Waals surface area (Å²) < 4.78 is 0. The number of hydrogen-bond acceptors (Lipinski definition) is 0. The lowest BCUT2D eigenvalue weighted by molar-refractivity contribution is 0.901. The summed E-state index contributed by atoms with van der Waals surface area (Å²) in [5, 5.41) is 0. The Morgan fingerprint density at radius 1 is 0.895 bits per heavy atom. The van der Waals surface area contributed by atoms with Gasteiger partial charge in [-0.2, -0.15) is 0 Å². The van der Waals surface area contributed by atoms with E-state index < -0.39 is 0 Å². The highest BCUT2D eigenvalue weighted by molar-refractivity contribution is 5.70. The first-order valence-electron chi connectivity index (χ1n) is 7.29.